The molecule has 2 rings (SSSR count). The monoisotopic (exact) mass is 188 g/mol. The van der Waals surface area contributed by atoms with Crippen molar-refractivity contribution in [3.63, 3.8) is 0 Å². The van der Waals surface area contributed by atoms with Crippen molar-refractivity contribution in [1.29, 1.82) is 0 Å². The third-order valence-electron chi connectivity index (χ3n) is 1.86. The zero-order valence-electron chi connectivity index (χ0n) is 6.94. The van der Waals surface area contributed by atoms with Crippen LogP contribution in [-0.2, 0) is 13.6 Å². The predicted molar refractivity (Wildman–Crippen MR) is 46.0 cm³/mol. The highest BCUT2D eigenvalue weighted by atomic mass is 31.2. The quantitative estimate of drug-likeness (QED) is 0.622. The van der Waals surface area contributed by atoms with Crippen molar-refractivity contribution >= 4 is 7.60 Å². The van der Waals surface area contributed by atoms with E-state index < -0.39 is 7.60 Å². The largest absolute Gasteiger partial charge is 0.354 e. The van der Waals surface area contributed by atoms with Crippen LogP contribution in [0.5, 0.6) is 0 Å². The van der Waals surface area contributed by atoms with E-state index in [1.165, 1.54) is 5.82 Å². The lowest BCUT2D eigenvalue weighted by atomic mass is 10.9. The fourth-order valence-electron chi connectivity index (χ4n) is 0.873. The molecule has 0 aliphatic heterocycles. The molecule has 12 heavy (non-hydrogen) atoms. The topological polar surface area (TPSA) is 35.5 Å². The van der Waals surface area contributed by atoms with Crippen LogP contribution in [-0.4, -0.2) is 12.2 Å². The molecule has 0 spiro atoms. The fourth-order valence-corrected chi connectivity index (χ4v) is 2.35. The molecule has 0 aromatic heterocycles. The van der Waals surface area contributed by atoms with E-state index in [-0.39, 0.29) is 12.2 Å². The van der Waals surface area contributed by atoms with Crippen LogP contribution in [0.2, 0.25) is 0 Å². The maximum atomic E-state index is 11.7. The summed E-state index contributed by atoms with van der Waals surface area (Å²) in [5.74, 6) is 1.32. The van der Waals surface area contributed by atoms with Crippen molar-refractivity contribution in [1.82, 2.24) is 0 Å². The van der Waals surface area contributed by atoms with Crippen molar-refractivity contribution in [3.05, 3.63) is 12.4 Å². The van der Waals surface area contributed by atoms with E-state index in [0.717, 1.165) is 25.7 Å². The van der Waals surface area contributed by atoms with E-state index in [1.54, 1.807) is 0 Å². The Morgan fingerprint density at radius 2 is 1.58 bits per heavy atom. The van der Waals surface area contributed by atoms with Gasteiger partial charge in [0, 0.05) is 5.82 Å². The maximum absolute atomic E-state index is 11.7. The summed E-state index contributed by atoms with van der Waals surface area (Å²) in [6.07, 6.45) is 4.34. The normalized spacial score (nSPS) is 24.0. The lowest BCUT2D eigenvalue weighted by Gasteiger charge is -2.13. The molecule has 0 bridgehead atoms. The Bertz CT molecular complexity index is 212. The van der Waals surface area contributed by atoms with E-state index in [4.69, 9.17) is 9.05 Å². The Balaban J connectivity index is 1.90. The summed E-state index contributed by atoms with van der Waals surface area (Å²) >= 11 is 0. The Labute approximate surface area is 72.3 Å². The minimum absolute atomic E-state index is 0.160. The lowest BCUT2D eigenvalue weighted by Crippen LogP contribution is -1.96. The Hall–Kier alpha value is -0.110. The molecule has 3 nitrogen and oxygen atoms in total. The van der Waals surface area contributed by atoms with Gasteiger partial charge in [0.05, 0.1) is 12.2 Å². The second-order valence-corrected chi connectivity index (χ2v) is 5.20. The van der Waals surface area contributed by atoms with Crippen LogP contribution in [0.3, 0.4) is 0 Å². The van der Waals surface area contributed by atoms with Gasteiger partial charge in [-0.05, 0) is 25.7 Å². The van der Waals surface area contributed by atoms with Crippen LogP contribution >= 0.6 is 7.60 Å². The van der Waals surface area contributed by atoms with Crippen LogP contribution < -0.4 is 0 Å². The Morgan fingerprint density at radius 3 is 1.83 bits per heavy atom. The van der Waals surface area contributed by atoms with Crippen molar-refractivity contribution < 1.29 is 13.6 Å². The molecule has 0 amide bonds. The zero-order chi connectivity index (χ0) is 8.60. The molecule has 0 heterocycles. The highest BCUT2D eigenvalue weighted by Crippen LogP contribution is 2.57. The number of rotatable bonds is 5. The zero-order valence-corrected chi connectivity index (χ0v) is 7.83. The average Bonchev–Trinajstić information content (AvgIpc) is 2.85. The summed E-state index contributed by atoms with van der Waals surface area (Å²) in [5, 5.41) is 0. The van der Waals surface area contributed by atoms with E-state index in [0.29, 0.717) is 0 Å². The number of hydrogen-bond donors (Lipinski definition) is 0. The summed E-state index contributed by atoms with van der Waals surface area (Å²) < 4.78 is 22.2. The third kappa shape index (κ3) is 2.19. The molecule has 4 heteroatoms. The minimum atomic E-state index is -2.92. The predicted octanol–water partition coefficient (Wildman–Crippen LogP) is 2.68. The van der Waals surface area contributed by atoms with Gasteiger partial charge in [-0.1, -0.05) is 6.58 Å². The van der Waals surface area contributed by atoms with Gasteiger partial charge in [0.2, 0.25) is 0 Å². The molecule has 0 N–H and O–H groups in total. The van der Waals surface area contributed by atoms with Crippen LogP contribution in [0.1, 0.15) is 25.7 Å². The minimum Gasteiger partial charge on any atom is -0.302 e. The molecular weight excluding hydrogens is 175 g/mol. The molecule has 0 atom stereocenters. The highest BCUT2D eigenvalue weighted by Gasteiger charge is 2.37. The van der Waals surface area contributed by atoms with E-state index >= 15 is 0 Å². The van der Waals surface area contributed by atoms with Crippen molar-refractivity contribution in [2.45, 2.75) is 37.9 Å². The van der Waals surface area contributed by atoms with Gasteiger partial charge in [-0.15, -0.1) is 0 Å². The first-order chi connectivity index (χ1) is 5.72. The van der Waals surface area contributed by atoms with Crippen LogP contribution in [0.25, 0.3) is 0 Å². The summed E-state index contributed by atoms with van der Waals surface area (Å²) in [7, 11) is -2.92. The molecular formula is C8H13O3P. The van der Waals surface area contributed by atoms with Crippen molar-refractivity contribution in [2.24, 2.45) is 0 Å². The molecule has 2 fully saturated rings. The molecule has 0 saturated heterocycles. The molecule has 2 saturated carbocycles. The molecule has 0 aromatic carbocycles. The van der Waals surface area contributed by atoms with Crippen LogP contribution in [0.15, 0.2) is 12.4 Å². The second kappa shape index (κ2) is 2.99. The van der Waals surface area contributed by atoms with Crippen molar-refractivity contribution in [3.8, 4) is 0 Å². The first-order valence-corrected chi connectivity index (χ1v) is 5.93. The fraction of sp³-hybridized carbons (Fsp3) is 0.750. The Morgan fingerprint density at radius 1 is 1.17 bits per heavy atom. The second-order valence-electron chi connectivity index (χ2n) is 3.33. The van der Waals surface area contributed by atoms with Gasteiger partial charge < -0.3 is 9.05 Å². The van der Waals surface area contributed by atoms with E-state index in [2.05, 4.69) is 6.58 Å². The summed E-state index contributed by atoms with van der Waals surface area (Å²) in [4.78, 5) is 0. The molecule has 2 aliphatic rings. The molecule has 0 aromatic rings. The molecule has 0 radical (unpaired) electrons. The van der Waals surface area contributed by atoms with Crippen LogP contribution in [0.4, 0.5) is 0 Å². The highest BCUT2D eigenvalue weighted by molar-refractivity contribution is 7.57. The first kappa shape index (κ1) is 8.49. The average molecular weight is 188 g/mol. The molecule has 2 aliphatic carbocycles. The molecule has 0 unspecified atom stereocenters. The summed E-state index contributed by atoms with van der Waals surface area (Å²) in [5.41, 5.74) is 0. The van der Waals surface area contributed by atoms with Gasteiger partial charge in [-0.3, -0.25) is 4.57 Å². The SMILES string of the molecule is C=CP(=O)(OC1CC1)OC1CC1. The maximum Gasteiger partial charge on any atom is 0.354 e. The smallest absolute Gasteiger partial charge is 0.302 e. The lowest BCUT2D eigenvalue weighted by molar-refractivity contribution is 0.197. The van der Waals surface area contributed by atoms with Gasteiger partial charge in [-0.25, -0.2) is 0 Å². The van der Waals surface area contributed by atoms with Crippen molar-refractivity contribution in [2.75, 3.05) is 0 Å². The van der Waals surface area contributed by atoms with Gasteiger partial charge in [0.1, 0.15) is 0 Å². The molecule has 68 valence electrons. The van der Waals surface area contributed by atoms with Gasteiger partial charge in [0.25, 0.3) is 0 Å². The Kier molecular flexibility index (Phi) is 2.11. The summed E-state index contributed by atoms with van der Waals surface area (Å²) in [6.45, 7) is 3.48. The number of hydrogen-bond acceptors (Lipinski definition) is 3. The van der Waals surface area contributed by atoms with Gasteiger partial charge in [-0.2, -0.15) is 0 Å². The first-order valence-electron chi connectivity index (χ1n) is 4.32. The standard InChI is InChI=1S/C8H13O3P/c1-2-12(9,10-7-3-4-7)11-8-5-6-8/h2,7-8H,1,3-6H2. The summed E-state index contributed by atoms with van der Waals surface area (Å²) in [6, 6.07) is 0. The van der Waals surface area contributed by atoms with Crippen LogP contribution in [0, 0.1) is 0 Å². The van der Waals surface area contributed by atoms with Gasteiger partial charge in [0.15, 0.2) is 0 Å². The van der Waals surface area contributed by atoms with E-state index in [9.17, 15) is 4.57 Å². The van der Waals surface area contributed by atoms with Gasteiger partial charge >= 0.3 is 7.60 Å². The van der Waals surface area contributed by atoms with E-state index in [1.807, 2.05) is 0 Å². The third-order valence-corrected chi connectivity index (χ3v) is 3.50.